The largest absolute Gasteiger partial charge is 0.465 e. The zero-order valence-electron chi connectivity index (χ0n) is 12.8. The molecule has 1 aliphatic rings. The summed E-state index contributed by atoms with van der Waals surface area (Å²) < 4.78 is 4.65. The quantitative estimate of drug-likeness (QED) is 0.807. The Morgan fingerprint density at radius 3 is 2.70 bits per heavy atom. The van der Waals surface area contributed by atoms with Crippen molar-refractivity contribution in [1.29, 1.82) is 5.26 Å². The number of hydrogen-bond donors (Lipinski definition) is 2. The minimum absolute atomic E-state index is 0.00563. The Morgan fingerprint density at radius 1 is 1.39 bits per heavy atom. The summed E-state index contributed by atoms with van der Waals surface area (Å²) in [6.45, 7) is 0.00563. The fourth-order valence-corrected chi connectivity index (χ4v) is 2.83. The van der Waals surface area contributed by atoms with Gasteiger partial charge in [-0.1, -0.05) is 11.6 Å². The second-order valence-corrected chi connectivity index (χ2v) is 5.90. The predicted molar refractivity (Wildman–Crippen MR) is 86.2 cm³/mol. The molecule has 1 aliphatic carbocycles. The first-order chi connectivity index (χ1) is 11.0. The third kappa shape index (κ3) is 4.14. The summed E-state index contributed by atoms with van der Waals surface area (Å²) in [6.07, 6.45) is 3.26. The molecule has 7 heteroatoms. The topological polar surface area (TPSA) is 91.2 Å². The lowest BCUT2D eigenvalue weighted by Crippen LogP contribution is -2.47. The first-order valence-corrected chi connectivity index (χ1v) is 7.71. The van der Waals surface area contributed by atoms with Crippen LogP contribution in [0.2, 0.25) is 5.02 Å². The first kappa shape index (κ1) is 17.1. The molecule has 0 unspecified atom stereocenters. The van der Waals surface area contributed by atoms with E-state index >= 15 is 0 Å². The summed E-state index contributed by atoms with van der Waals surface area (Å²) in [5, 5.41) is 15.2. The Kier molecular flexibility index (Phi) is 5.45. The molecule has 0 spiro atoms. The maximum absolute atomic E-state index is 12.0. The van der Waals surface area contributed by atoms with Gasteiger partial charge in [-0.2, -0.15) is 5.26 Å². The van der Waals surface area contributed by atoms with Crippen LogP contribution in [-0.2, 0) is 9.53 Å². The van der Waals surface area contributed by atoms with Crippen molar-refractivity contribution in [2.24, 2.45) is 0 Å². The van der Waals surface area contributed by atoms with Gasteiger partial charge in [-0.3, -0.25) is 4.79 Å². The number of rotatable bonds is 5. The van der Waals surface area contributed by atoms with Crippen molar-refractivity contribution < 1.29 is 14.3 Å². The standard InChI is InChI=1S/C16H18ClN3O3/c1-23-15(22)12-8-11(4-5-13(12)17)19-9-14(21)20-16(10-18)6-2-3-7-16/h4-5,8,19H,2-3,6-7,9H2,1H3,(H,20,21). The molecule has 0 heterocycles. The highest BCUT2D eigenvalue weighted by atomic mass is 35.5. The van der Waals surface area contributed by atoms with Crippen LogP contribution in [-0.4, -0.2) is 31.1 Å². The number of hydrogen-bond acceptors (Lipinski definition) is 5. The lowest BCUT2D eigenvalue weighted by molar-refractivity contribution is -0.120. The van der Waals surface area contributed by atoms with Gasteiger partial charge < -0.3 is 15.4 Å². The van der Waals surface area contributed by atoms with E-state index in [2.05, 4.69) is 21.4 Å². The summed E-state index contributed by atoms with van der Waals surface area (Å²) in [6, 6.07) is 6.95. The van der Waals surface area contributed by atoms with Crippen molar-refractivity contribution in [1.82, 2.24) is 5.32 Å². The van der Waals surface area contributed by atoms with E-state index in [9.17, 15) is 14.9 Å². The highest BCUT2D eigenvalue weighted by Crippen LogP contribution is 2.28. The Balaban J connectivity index is 1.97. The van der Waals surface area contributed by atoms with E-state index in [1.165, 1.54) is 13.2 Å². The fourth-order valence-electron chi connectivity index (χ4n) is 2.64. The Bertz CT molecular complexity index is 648. The van der Waals surface area contributed by atoms with E-state index in [0.717, 1.165) is 12.8 Å². The van der Waals surface area contributed by atoms with Crippen molar-refractivity contribution in [3.05, 3.63) is 28.8 Å². The summed E-state index contributed by atoms with van der Waals surface area (Å²) in [5.74, 6) is -0.805. The third-order valence-electron chi connectivity index (χ3n) is 3.87. The predicted octanol–water partition coefficient (Wildman–Crippen LogP) is 2.49. The number of methoxy groups -OCH3 is 1. The van der Waals surface area contributed by atoms with Crippen molar-refractivity contribution in [3.8, 4) is 6.07 Å². The normalized spacial score (nSPS) is 15.5. The van der Waals surface area contributed by atoms with Crippen LogP contribution in [0.5, 0.6) is 0 Å². The highest BCUT2D eigenvalue weighted by molar-refractivity contribution is 6.33. The van der Waals surface area contributed by atoms with E-state index in [1.54, 1.807) is 12.1 Å². The van der Waals surface area contributed by atoms with Gasteiger partial charge in [0.25, 0.3) is 0 Å². The third-order valence-corrected chi connectivity index (χ3v) is 4.20. The zero-order valence-corrected chi connectivity index (χ0v) is 13.6. The Hall–Kier alpha value is -2.26. The van der Waals surface area contributed by atoms with Gasteiger partial charge in [0, 0.05) is 5.69 Å². The molecule has 0 aliphatic heterocycles. The Morgan fingerprint density at radius 2 is 2.09 bits per heavy atom. The van der Waals surface area contributed by atoms with E-state index in [0.29, 0.717) is 18.5 Å². The Labute approximate surface area is 139 Å². The maximum atomic E-state index is 12.0. The number of benzene rings is 1. The van der Waals surface area contributed by atoms with Crippen molar-refractivity contribution in [2.45, 2.75) is 31.2 Å². The number of carbonyl (C=O) groups is 2. The first-order valence-electron chi connectivity index (χ1n) is 7.34. The molecule has 2 N–H and O–H groups in total. The lowest BCUT2D eigenvalue weighted by Gasteiger charge is -2.22. The number of nitriles is 1. The molecule has 1 fully saturated rings. The summed E-state index contributed by atoms with van der Waals surface area (Å²) >= 11 is 5.94. The van der Waals surface area contributed by atoms with Gasteiger partial charge in [0.15, 0.2) is 0 Å². The SMILES string of the molecule is COC(=O)c1cc(NCC(=O)NC2(C#N)CCCC2)ccc1Cl. The van der Waals surface area contributed by atoms with Gasteiger partial charge in [0.2, 0.25) is 5.91 Å². The van der Waals surface area contributed by atoms with Crippen molar-refractivity contribution in [3.63, 3.8) is 0 Å². The average molecular weight is 336 g/mol. The van der Waals surface area contributed by atoms with Gasteiger partial charge in [-0.15, -0.1) is 0 Å². The molecule has 2 rings (SSSR count). The van der Waals surface area contributed by atoms with E-state index in [4.69, 9.17) is 11.6 Å². The maximum Gasteiger partial charge on any atom is 0.339 e. The number of halogens is 1. The molecule has 1 saturated carbocycles. The number of anilines is 1. The number of carbonyl (C=O) groups excluding carboxylic acids is 2. The molecule has 0 atom stereocenters. The van der Waals surface area contributed by atoms with Gasteiger partial charge in [0.1, 0.15) is 5.54 Å². The van der Waals surface area contributed by atoms with Gasteiger partial charge in [-0.25, -0.2) is 4.79 Å². The van der Waals surface area contributed by atoms with Crippen LogP contribution in [0.4, 0.5) is 5.69 Å². The van der Waals surface area contributed by atoms with Crippen LogP contribution >= 0.6 is 11.6 Å². The highest BCUT2D eigenvalue weighted by Gasteiger charge is 2.35. The summed E-state index contributed by atoms with van der Waals surface area (Å²) in [7, 11) is 1.27. The number of amides is 1. The van der Waals surface area contributed by atoms with E-state index < -0.39 is 11.5 Å². The molecule has 23 heavy (non-hydrogen) atoms. The lowest BCUT2D eigenvalue weighted by atomic mass is 10.00. The molecule has 0 saturated heterocycles. The van der Waals surface area contributed by atoms with Crippen molar-refractivity contribution in [2.75, 3.05) is 19.0 Å². The molecule has 0 aromatic heterocycles. The minimum Gasteiger partial charge on any atom is -0.465 e. The smallest absolute Gasteiger partial charge is 0.339 e. The second kappa shape index (κ2) is 7.34. The summed E-state index contributed by atoms with van der Waals surface area (Å²) in [5.41, 5.74) is 0.0573. The molecule has 6 nitrogen and oxygen atoms in total. The summed E-state index contributed by atoms with van der Waals surface area (Å²) in [4.78, 5) is 23.6. The van der Waals surface area contributed by atoms with Crippen LogP contribution in [0.25, 0.3) is 0 Å². The number of ether oxygens (including phenoxy) is 1. The molecule has 1 aromatic carbocycles. The molecule has 122 valence electrons. The van der Waals surface area contributed by atoms with E-state index in [-0.39, 0.29) is 23.0 Å². The number of nitrogens with one attached hydrogen (secondary N) is 2. The monoisotopic (exact) mass is 335 g/mol. The van der Waals surface area contributed by atoms with Crippen LogP contribution in [0.1, 0.15) is 36.0 Å². The molecule has 1 aromatic rings. The van der Waals surface area contributed by atoms with Crippen molar-refractivity contribution >= 4 is 29.2 Å². The van der Waals surface area contributed by atoms with Crippen LogP contribution in [0, 0.1) is 11.3 Å². The molecule has 1 amide bonds. The van der Waals surface area contributed by atoms with E-state index in [1.807, 2.05) is 0 Å². The van der Waals surface area contributed by atoms with Crippen LogP contribution < -0.4 is 10.6 Å². The zero-order chi connectivity index (χ0) is 16.9. The number of nitrogens with zero attached hydrogens (tertiary/aromatic N) is 1. The fraction of sp³-hybridized carbons (Fsp3) is 0.438. The molecule has 0 bridgehead atoms. The molecular formula is C16H18ClN3O3. The van der Waals surface area contributed by atoms with Crippen LogP contribution in [0.3, 0.4) is 0 Å². The van der Waals surface area contributed by atoms with Gasteiger partial charge in [0.05, 0.1) is 30.3 Å². The molecule has 0 radical (unpaired) electrons. The minimum atomic E-state index is -0.740. The number of esters is 1. The average Bonchev–Trinajstić information content (AvgIpc) is 3.02. The van der Waals surface area contributed by atoms with Gasteiger partial charge >= 0.3 is 5.97 Å². The second-order valence-electron chi connectivity index (χ2n) is 5.49. The van der Waals surface area contributed by atoms with Gasteiger partial charge in [-0.05, 0) is 43.9 Å². The molecular weight excluding hydrogens is 318 g/mol. The van der Waals surface area contributed by atoms with Crippen LogP contribution in [0.15, 0.2) is 18.2 Å².